The SMILES string of the molecule is COCCn1c(C(=O)N2CCC(S(=O)(=O)c3ccc(Cl)cc3)C2)cc2c(=O)n3ccccc3nc21. The Morgan fingerprint density at radius 1 is 1.20 bits per heavy atom. The van der Waals surface area contributed by atoms with Crippen LogP contribution in [0.1, 0.15) is 16.9 Å². The molecule has 0 N–H and O–H groups in total. The molecule has 0 bridgehead atoms. The van der Waals surface area contributed by atoms with Crippen molar-refractivity contribution in [2.75, 3.05) is 26.8 Å². The van der Waals surface area contributed by atoms with Crippen LogP contribution in [0.3, 0.4) is 0 Å². The standard InChI is InChI=1S/C24H23ClN4O5S/c1-34-13-12-28-20(14-19-22(28)26-21-4-2-3-10-29(21)23(19)30)24(31)27-11-9-18(15-27)35(32,33)17-7-5-16(25)6-8-17/h2-8,10,14,18H,9,11-13,15H2,1H3. The van der Waals surface area contributed by atoms with Crippen LogP contribution in [0.4, 0.5) is 0 Å². The Morgan fingerprint density at radius 2 is 1.97 bits per heavy atom. The van der Waals surface area contributed by atoms with E-state index < -0.39 is 15.1 Å². The molecular weight excluding hydrogens is 492 g/mol. The normalized spacial score (nSPS) is 16.4. The fraction of sp³-hybridized carbons (Fsp3) is 0.292. The van der Waals surface area contributed by atoms with Crippen molar-refractivity contribution >= 4 is 44.0 Å². The quantitative estimate of drug-likeness (QED) is 0.392. The summed E-state index contributed by atoms with van der Waals surface area (Å²) in [6.07, 6.45) is 1.95. The molecule has 0 spiro atoms. The van der Waals surface area contributed by atoms with Crippen molar-refractivity contribution in [2.45, 2.75) is 23.1 Å². The summed E-state index contributed by atoms with van der Waals surface area (Å²) in [5.74, 6) is -0.346. The average molecular weight is 515 g/mol. The molecular formula is C24H23ClN4O5S. The first kappa shape index (κ1) is 23.5. The first-order chi connectivity index (χ1) is 16.8. The molecule has 1 saturated heterocycles. The summed E-state index contributed by atoms with van der Waals surface area (Å²) in [6, 6.07) is 12.8. The van der Waals surface area contributed by atoms with E-state index in [2.05, 4.69) is 4.98 Å². The number of ether oxygens (including phenoxy) is 1. The van der Waals surface area contributed by atoms with Gasteiger partial charge in [0.05, 0.1) is 22.1 Å². The highest BCUT2D eigenvalue weighted by Crippen LogP contribution is 2.27. The van der Waals surface area contributed by atoms with Crippen LogP contribution in [0.25, 0.3) is 16.7 Å². The number of amides is 1. The second-order valence-electron chi connectivity index (χ2n) is 8.42. The number of halogens is 1. The van der Waals surface area contributed by atoms with E-state index in [1.54, 1.807) is 42.1 Å². The van der Waals surface area contributed by atoms with Crippen LogP contribution in [0.15, 0.2) is 64.4 Å². The van der Waals surface area contributed by atoms with Gasteiger partial charge in [-0.2, -0.15) is 0 Å². The maximum atomic E-state index is 13.6. The molecule has 3 aromatic heterocycles. The predicted molar refractivity (Wildman–Crippen MR) is 132 cm³/mol. The molecule has 1 atom stereocenters. The molecule has 1 amide bonds. The number of pyridine rings is 1. The van der Waals surface area contributed by atoms with E-state index in [0.717, 1.165) is 0 Å². The van der Waals surface area contributed by atoms with Gasteiger partial charge in [-0.1, -0.05) is 17.7 Å². The third kappa shape index (κ3) is 4.11. The van der Waals surface area contributed by atoms with Gasteiger partial charge in [0.2, 0.25) is 0 Å². The Bertz CT molecular complexity index is 1590. The minimum atomic E-state index is -3.63. The van der Waals surface area contributed by atoms with E-state index in [1.165, 1.54) is 33.6 Å². The van der Waals surface area contributed by atoms with Crippen LogP contribution >= 0.6 is 11.6 Å². The van der Waals surface area contributed by atoms with Gasteiger partial charge in [-0.3, -0.25) is 14.0 Å². The molecule has 1 fully saturated rings. The van der Waals surface area contributed by atoms with Crippen LogP contribution in [-0.2, 0) is 21.1 Å². The molecule has 4 aromatic rings. The number of sulfone groups is 1. The smallest absolute Gasteiger partial charge is 0.270 e. The molecule has 35 heavy (non-hydrogen) atoms. The van der Waals surface area contributed by atoms with Crippen molar-refractivity contribution < 1.29 is 17.9 Å². The minimum absolute atomic E-state index is 0.0595. The maximum absolute atomic E-state index is 13.6. The number of hydrogen-bond donors (Lipinski definition) is 0. The molecule has 0 saturated carbocycles. The maximum Gasteiger partial charge on any atom is 0.270 e. The Hall–Kier alpha value is -3.21. The van der Waals surface area contributed by atoms with Gasteiger partial charge in [0, 0.05) is 38.0 Å². The summed E-state index contributed by atoms with van der Waals surface area (Å²) in [4.78, 5) is 33.0. The number of methoxy groups -OCH3 is 1. The number of fused-ring (bicyclic) bond motifs is 2. The number of benzene rings is 1. The van der Waals surface area contributed by atoms with Crippen molar-refractivity contribution in [3.05, 3.63) is 75.8 Å². The summed E-state index contributed by atoms with van der Waals surface area (Å²) in [5.41, 5.74) is 0.865. The van der Waals surface area contributed by atoms with Gasteiger partial charge in [0.1, 0.15) is 17.0 Å². The minimum Gasteiger partial charge on any atom is -0.383 e. The van der Waals surface area contributed by atoms with Crippen LogP contribution < -0.4 is 5.56 Å². The van der Waals surface area contributed by atoms with Crippen molar-refractivity contribution in [3.8, 4) is 0 Å². The lowest BCUT2D eigenvalue weighted by Crippen LogP contribution is -2.33. The summed E-state index contributed by atoms with van der Waals surface area (Å²) in [7, 11) is -2.08. The topological polar surface area (TPSA) is 103 Å². The zero-order valence-corrected chi connectivity index (χ0v) is 20.5. The molecule has 5 rings (SSSR count). The van der Waals surface area contributed by atoms with Crippen LogP contribution in [0.2, 0.25) is 5.02 Å². The highest BCUT2D eigenvalue weighted by Gasteiger charge is 2.37. The number of carbonyl (C=O) groups excluding carboxylic acids is 1. The first-order valence-electron chi connectivity index (χ1n) is 11.1. The molecule has 11 heteroatoms. The summed E-state index contributed by atoms with van der Waals surface area (Å²) in [5, 5.41) is 0.0432. The molecule has 0 aliphatic carbocycles. The number of carbonyl (C=O) groups is 1. The van der Waals surface area contributed by atoms with Gasteiger partial charge in [0.15, 0.2) is 9.84 Å². The molecule has 0 radical (unpaired) electrons. The Morgan fingerprint density at radius 3 is 2.71 bits per heavy atom. The zero-order chi connectivity index (χ0) is 24.7. The van der Waals surface area contributed by atoms with E-state index in [-0.39, 0.29) is 35.1 Å². The third-order valence-corrected chi connectivity index (χ3v) is 8.77. The molecule has 1 unspecified atom stereocenters. The van der Waals surface area contributed by atoms with Gasteiger partial charge in [0.25, 0.3) is 11.5 Å². The van der Waals surface area contributed by atoms with Crippen molar-refractivity contribution in [2.24, 2.45) is 0 Å². The number of nitrogens with zero attached hydrogens (tertiary/aromatic N) is 4. The van der Waals surface area contributed by atoms with Gasteiger partial charge in [-0.15, -0.1) is 0 Å². The predicted octanol–water partition coefficient (Wildman–Crippen LogP) is 2.64. The lowest BCUT2D eigenvalue weighted by molar-refractivity contribution is 0.0780. The molecule has 1 aliphatic heterocycles. The van der Waals surface area contributed by atoms with Gasteiger partial charge >= 0.3 is 0 Å². The van der Waals surface area contributed by atoms with E-state index in [1.807, 2.05) is 0 Å². The highest BCUT2D eigenvalue weighted by molar-refractivity contribution is 7.92. The number of rotatable bonds is 6. The Labute approximate surface area is 206 Å². The molecule has 9 nitrogen and oxygen atoms in total. The lowest BCUT2D eigenvalue weighted by Gasteiger charge is -2.18. The zero-order valence-electron chi connectivity index (χ0n) is 18.9. The van der Waals surface area contributed by atoms with E-state index in [4.69, 9.17) is 16.3 Å². The molecule has 1 aromatic carbocycles. The fourth-order valence-corrected chi connectivity index (χ4v) is 6.30. The molecule has 182 valence electrons. The van der Waals surface area contributed by atoms with Gasteiger partial charge in [-0.05, 0) is 48.9 Å². The number of aromatic nitrogens is 3. The van der Waals surface area contributed by atoms with E-state index >= 15 is 0 Å². The third-order valence-electron chi connectivity index (χ3n) is 6.33. The Kier molecular flexibility index (Phi) is 6.12. The monoisotopic (exact) mass is 514 g/mol. The van der Waals surface area contributed by atoms with Gasteiger partial charge in [-0.25, -0.2) is 13.4 Å². The van der Waals surface area contributed by atoms with E-state index in [9.17, 15) is 18.0 Å². The average Bonchev–Trinajstić information content (AvgIpc) is 3.49. The highest BCUT2D eigenvalue weighted by atomic mass is 35.5. The fourth-order valence-electron chi connectivity index (χ4n) is 4.48. The molecule has 4 heterocycles. The Balaban J connectivity index is 1.51. The van der Waals surface area contributed by atoms with Crippen molar-refractivity contribution in [3.63, 3.8) is 0 Å². The van der Waals surface area contributed by atoms with Crippen molar-refractivity contribution in [1.29, 1.82) is 0 Å². The summed E-state index contributed by atoms with van der Waals surface area (Å²) >= 11 is 5.90. The lowest BCUT2D eigenvalue weighted by atomic mass is 10.3. The van der Waals surface area contributed by atoms with Crippen molar-refractivity contribution in [1.82, 2.24) is 18.9 Å². The van der Waals surface area contributed by atoms with Crippen LogP contribution in [0, 0.1) is 0 Å². The number of likely N-dealkylation sites (tertiary alicyclic amines) is 1. The summed E-state index contributed by atoms with van der Waals surface area (Å²) < 4.78 is 34.6. The number of hydrogen-bond acceptors (Lipinski definition) is 6. The largest absolute Gasteiger partial charge is 0.383 e. The van der Waals surface area contributed by atoms with Crippen LogP contribution in [-0.4, -0.2) is 65.2 Å². The summed E-state index contributed by atoms with van der Waals surface area (Å²) in [6.45, 7) is 0.977. The van der Waals surface area contributed by atoms with Gasteiger partial charge < -0.3 is 14.2 Å². The van der Waals surface area contributed by atoms with Crippen LogP contribution in [0.5, 0.6) is 0 Å². The molecule has 1 aliphatic rings. The second-order valence-corrected chi connectivity index (χ2v) is 11.1. The first-order valence-corrected chi connectivity index (χ1v) is 13.0. The van der Waals surface area contributed by atoms with E-state index in [0.29, 0.717) is 41.3 Å². The second kappa shape index (κ2) is 9.10.